The Labute approximate surface area is 108 Å². The number of aromatic nitrogens is 2. The van der Waals surface area contributed by atoms with Crippen LogP contribution in [0.1, 0.15) is 38.2 Å². The molecule has 5 nitrogen and oxygen atoms in total. The predicted molar refractivity (Wildman–Crippen MR) is 72.5 cm³/mol. The van der Waals surface area contributed by atoms with Gasteiger partial charge in [-0.2, -0.15) is 0 Å². The number of nitrogens with zero attached hydrogens (tertiary/aromatic N) is 2. The first-order valence-electron chi connectivity index (χ1n) is 6.63. The van der Waals surface area contributed by atoms with Gasteiger partial charge in [-0.15, -0.1) is 0 Å². The Morgan fingerprint density at radius 2 is 2.28 bits per heavy atom. The molecule has 100 valence electrons. The molecule has 0 spiro atoms. The monoisotopic (exact) mass is 250 g/mol. The number of ether oxygens (including phenoxy) is 1. The third-order valence-electron chi connectivity index (χ3n) is 3.54. The molecule has 18 heavy (non-hydrogen) atoms. The molecular formula is C13H22N4O. The zero-order chi connectivity index (χ0) is 13.0. The van der Waals surface area contributed by atoms with Gasteiger partial charge in [-0.3, -0.25) is 0 Å². The second-order valence-corrected chi connectivity index (χ2v) is 4.85. The molecule has 2 unspecified atom stereocenters. The van der Waals surface area contributed by atoms with Crippen molar-refractivity contribution in [2.75, 3.05) is 18.2 Å². The minimum absolute atomic E-state index is 0.372. The molecule has 1 saturated carbocycles. The molecule has 3 N–H and O–H groups in total. The van der Waals surface area contributed by atoms with Crippen LogP contribution in [-0.4, -0.2) is 29.2 Å². The quantitative estimate of drug-likeness (QED) is 0.836. The predicted octanol–water partition coefficient (Wildman–Crippen LogP) is 1.99. The molecule has 1 aliphatic rings. The van der Waals surface area contributed by atoms with Crippen LogP contribution in [0.3, 0.4) is 0 Å². The van der Waals surface area contributed by atoms with Gasteiger partial charge in [-0.05, 0) is 25.7 Å². The van der Waals surface area contributed by atoms with Crippen molar-refractivity contribution < 1.29 is 4.74 Å². The molecule has 2 rings (SSSR count). The molecule has 1 heterocycles. The van der Waals surface area contributed by atoms with E-state index in [0.717, 1.165) is 43.5 Å². The number of hydrogen-bond acceptors (Lipinski definition) is 5. The number of hydrogen-bond donors (Lipinski definition) is 2. The summed E-state index contributed by atoms with van der Waals surface area (Å²) in [6, 6.07) is 0.430. The van der Waals surface area contributed by atoms with Crippen LogP contribution in [0.2, 0.25) is 0 Å². The van der Waals surface area contributed by atoms with Gasteiger partial charge in [0.1, 0.15) is 18.0 Å². The van der Waals surface area contributed by atoms with Gasteiger partial charge in [0.15, 0.2) is 0 Å². The van der Waals surface area contributed by atoms with E-state index >= 15 is 0 Å². The van der Waals surface area contributed by atoms with E-state index in [2.05, 4.69) is 22.2 Å². The molecule has 1 aliphatic carbocycles. The fourth-order valence-electron chi connectivity index (χ4n) is 2.53. The standard InChI is InChI=1S/C13H22N4O/c1-3-4-11-12(14)15-8-16-13(11)17-9-5-6-10(7-9)18-2/h8-10H,3-7H2,1-2H3,(H3,14,15,16,17). The first-order chi connectivity index (χ1) is 8.74. The van der Waals surface area contributed by atoms with Crippen LogP contribution in [0, 0.1) is 0 Å². The first kappa shape index (κ1) is 13.1. The zero-order valence-electron chi connectivity index (χ0n) is 11.1. The van der Waals surface area contributed by atoms with E-state index in [-0.39, 0.29) is 0 Å². The van der Waals surface area contributed by atoms with Crippen LogP contribution in [0.25, 0.3) is 0 Å². The van der Waals surface area contributed by atoms with Crippen LogP contribution in [0.5, 0.6) is 0 Å². The molecule has 1 aromatic rings. The van der Waals surface area contributed by atoms with E-state index < -0.39 is 0 Å². The maximum atomic E-state index is 5.92. The highest BCUT2D eigenvalue weighted by atomic mass is 16.5. The van der Waals surface area contributed by atoms with Gasteiger partial charge in [0.25, 0.3) is 0 Å². The molecule has 2 atom stereocenters. The number of nitrogens with two attached hydrogens (primary N) is 1. The summed E-state index contributed by atoms with van der Waals surface area (Å²) >= 11 is 0. The molecule has 0 aromatic carbocycles. The fourth-order valence-corrected chi connectivity index (χ4v) is 2.53. The average Bonchev–Trinajstić information content (AvgIpc) is 2.81. The summed E-state index contributed by atoms with van der Waals surface area (Å²) in [5, 5.41) is 3.49. The SMILES string of the molecule is CCCc1c(N)ncnc1NC1CCC(OC)C1. The Morgan fingerprint density at radius 3 is 2.94 bits per heavy atom. The van der Waals surface area contributed by atoms with Crippen LogP contribution in [0.4, 0.5) is 11.6 Å². The summed E-state index contributed by atoms with van der Waals surface area (Å²) < 4.78 is 5.38. The van der Waals surface area contributed by atoms with E-state index in [1.807, 2.05) is 0 Å². The van der Waals surface area contributed by atoms with E-state index in [1.54, 1.807) is 7.11 Å². The van der Waals surface area contributed by atoms with Gasteiger partial charge >= 0.3 is 0 Å². The molecule has 0 amide bonds. The van der Waals surface area contributed by atoms with Crippen LogP contribution in [0.15, 0.2) is 6.33 Å². The van der Waals surface area contributed by atoms with Crippen molar-refractivity contribution in [3.8, 4) is 0 Å². The van der Waals surface area contributed by atoms with E-state index in [0.29, 0.717) is 18.0 Å². The molecule has 0 bridgehead atoms. The lowest BCUT2D eigenvalue weighted by Crippen LogP contribution is -2.20. The average molecular weight is 250 g/mol. The fraction of sp³-hybridized carbons (Fsp3) is 0.692. The summed E-state index contributed by atoms with van der Waals surface area (Å²) in [5.74, 6) is 1.49. The van der Waals surface area contributed by atoms with Gasteiger partial charge in [-0.25, -0.2) is 9.97 Å². The van der Waals surface area contributed by atoms with Crippen LogP contribution >= 0.6 is 0 Å². The largest absolute Gasteiger partial charge is 0.383 e. The van der Waals surface area contributed by atoms with E-state index in [1.165, 1.54) is 6.33 Å². The molecule has 0 aliphatic heterocycles. The van der Waals surface area contributed by atoms with Gasteiger partial charge in [0.05, 0.1) is 6.10 Å². The highest BCUT2D eigenvalue weighted by Gasteiger charge is 2.25. The maximum Gasteiger partial charge on any atom is 0.134 e. The Bertz CT molecular complexity index is 397. The van der Waals surface area contributed by atoms with Gasteiger partial charge in [0, 0.05) is 18.7 Å². The van der Waals surface area contributed by atoms with Gasteiger partial charge < -0.3 is 15.8 Å². The first-order valence-corrected chi connectivity index (χ1v) is 6.63. The van der Waals surface area contributed by atoms with Gasteiger partial charge in [-0.1, -0.05) is 13.3 Å². The summed E-state index contributed by atoms with van der Waals surface area (Å²) in [7, 11) is 1.78. The Morgan fingerprint density at radius 1 is 1.44 bits per heavy atom. The number of anilines is 2. The van der Waals surface area contributed by atoms with Crippen molar-refractivity contribution in [2.24, 2.45) is 0 Å². The maximum absolute atomic E-state index is 5.92. The lowest BCUT2D eigenvalue weighted by Gasteiger charge is -2.17. The van der Waals surface area contributed by atoms with E-state index in [4.69, 9.17) is 10.5 Å². The van der Waals surface area contributed by atoms with Crippen molar-refractivity contribution in [3.63, 3.8) is 0 Å². The highest BCUT2D eigenvalue weighted by Crippen LogP contribution is 2.27. The Hall–Kier alpha value is -1.36. The van der Waals surface area contributed by atoms with Crippen molar-refractivity contribution in [1.82, 2.24) is 9.97 Å². The lowest BCUT2D eigenvalue weighted by molar-refractivity contribution is 0.108. The van der Waals surface area contributed by atoms with Crippen LogP contribution in [-0.2, 0) is 11.2 Å². The highest BCUT2D eigenvalue weighted by molar-refractivity contribution is 5.55. The normalized spacial score (nSPS) is 23.2. The third-order valence-corrected chi connectivity index (χ3v) is 3.54. The molecule has 1 aromatic heterocycles. The summed E-state index contributed by atoms with van der Waals surface area (Å²) in [6.07, 6.45) is 7.11. The number of nitrogen functional groups attached to an aromatic ring is 1. The lowest BCUT2D eigenvalue weighted by atomic mass is 10.1. The summed E-state index contributed by atoms with van der Waals surface area (Å²) in [4.78, 5) is 8.40. The molecule has 5 heteroatoms. The molecular weight excluding hydrogens is 228 g/mol. The minimum Gasteiger partial charge on any atom is -0.383 e. The molecule has 0 radical (unpaired) electrons. The topological polar surface area (TPSA) is 73.1 Å². The smallest absolute Gasteiger partial charge is 0.134 e. The Balaban J connectivity index is 2.07. The third kappa shape index (κ3) is 2.90. The van der Waals surface area contributed by atoms with Crippen molar-refractivity contribution in [1.29, 1.82) is 0 Å². The number of methoxy groups -OCH3 is 1. The Kier molecular flexibility index (Phi) is 4.36. The summed E-state index contributed by atoms with van der Waals surface area (Å²) in [5.41, 5.74) is 6.96. The number of rotatable bonds is 5. The zero-order valence-corrected chi connectivity index (χ0v) is 11.1. The van der Waals surface area contributed by atoms with Crippen molar-refractivity contribution in [2.45, 2.75) is 51.2 Å². The molecule has 1 fully saturated rings. The summed E-state index contributed by atoms with van der Waals surface area (Å²) in [6.45, 7) is 2.13. The van der Waals surface area contributed by atoms with Crippen molar-refractivity contribution in [3.05, 3.63) is 11.9 Å². The van der Waals surface area contributed by atoms with Crippen LogP contribution < -0.4 is 11.1 Å². The second kappa shape index (κ2) is 6.00. The second-order valence-electron chi connectivity index (χ2n) is 4.85. The van der Waals surface area contributed by atoms with Gasteiger partial charge in [0.2, 0.25) is 0 Å². The molecule has 0 saturated heterocycles. The number of nitrogens with one attached hydrogen (secondary N) is 1. The minimum atomic E-state index is 0.372. The van der Waals surface area contributed by atoms with E-state index in [9.17, 15) is 0 Å². The van der Waals surface area contributed by atoms with Crippen molar-refractivity contribution >= 4 is 11.6 Å².